The zero-order valence-corrected chi connectivity index (χ0v) is 36.5. The number of benzene rings is 13. The van der Waals surface area contributed by atoms with Crippen molar-refractivity contribution in [2.75, 3.05) is 4.90 Å². The average molecular weight is 849 g/mol. The molecule has 0 radical (unpaired) electrons. The van der Waals surface area contributed by atoms with E-state index in [1.165, 1.54) is 108 Å². The molecule has 0 aliphatic heterocycles. The van der Waals surface area contributed by atoms with Crippen LogP contribution < -0.4 is 4.90 Å². The van der Waals surface area contributed by atoms with Crippen molar-refractivity contribution >= 4 is 114 Å². The SMILES string of the molecule is c1ccc(-c2ccc3c4ccc(N(c5ccc(-c6ccc7c8ccccc8c8ccccc8c7c6)cc5)c5ccc6c7ccccc7c7ccccc7c6c5)cc4c4ccccc4c3c2)nc1. The molecule has 14 aromatic rings. The van der Waals surface area contributed by atoms with Crippen molar-refractivity contribution in [3.63, 3.8) is 0 Å². The van der Waals surface area contributed by atoms with Crippen LogP contribution >= 0.6 is 0 Å². The molecular formula is C65H40N2. The second-order valence-electron chi connectivity index (χ2n) is 17.8. The normalized spacial score (nSPS) is 11.9. The summed E-state index contributed by atoms with van der Waals surface area (Å²) < 4.78 is 0. The lowest BCUT2D eigenvalue weighted by molar-refractivity contribution is 1.30. The highest BCUT2D eigenvalue weighted by Gasteiger charge is 2.19. The van der Waals surface area contributed by atoms with Crippen molar-refractivity contribution in [2.24, 2.45) is 0 Å². The van der Waals surface area contributed by atoms with E-state index in [0.29, 0.717) is 0 Å². The Labute approximate surface area is 387 Å². The molecule has 1 aromatic heterocycles. The van der Waals surface area contributed by atoms with E-state index < -0.39 is 0 Å². The van der Waals surface area contributed by atoms with E-state index in [0.717, 1.165) is 28.3 Å². The Hall–Kier alpha value is -8.85. The maximum Gasteiger partial charge on any atom is 0.0702 e. The first-order valence-corrected chi connectivity index (χ1v) is 23.1. The molecule has 0 aliphatic carbocycles. The van der Waals surface area contributed by atoms with Crippen molar-refractivity contribution in [1.29, 1.82) is 0 Å². The van der Waals surface area contributed by atoms with E-state index in [-0.39, 0.29) is 0 Å². The van der Waals surface area contributed by atoms with Gasteiger partial charge in [0.25, 0.3) is 0 Å². The molecule has 2 nitrogen and oxygen atoms in total. The third-order valence-electron chi connectivity index (χ3n) is 14.2. The van der Waals surface area contributed by atoms with E-state index in [1.807, 2.05) is 12.3 Å². The first-order valence-electron chi connectivity index (χ1n) is 23.1. The van der Waals surface area contributed by atoms with Crippen LogP contribution in [0.2, 0.25) is 0 Å². The van der Waals surface area contributed by atoms with Crippen molar-refractivity contribution in [3.8, 4) is 22.4 Å². The summed E-state index contributed by atoms with van der Waals surface area (Å²) in [5, 5.41) is 22.7. The minimum Gasteiger partial charge on any atom is -0.310 e. The first-order chi connectivity index (χ1) is 33.2. The Bertz CT molecular complexity index is 4230. The van der Waals surface area contributed by atoms with Gasteiger partial charge in [-0.2, -0.15) is 0 Å². The quantitative estimate of drug-likeness (QED) is 0.160. The van der Waals surface area contributed by atoms with E-state index in [4.69, 9.17) is 0 Å². The Kier molecular flexibility index (Phi) is 8.32. The van der Waals surface area contributed by atoms with Crippen LogP contribution in [0.4, 0.5) is 17.1 Å². The van der Waals surface area contributed by atoms with E-state index in [2.05, 4.69) is 240 Å². The molecule has 0 saturated carbocycles. The summed E-state index contributed by atoms with van der Waals surface area (Å²) >= 11 is 0. The van der Waals surface area contributed by atoms with Gasteiger partial charge in [-0.05, 0) is 169 Å². The monoisotopic (exact) mass is 848 g/mol. The third-order valence-corrected chi connectivity index (χ3v) is 14.2. The van der Waals surface area contributed by atoms with Crippen molar-refractivity contribution < 1.29 is 0 Å². The van der Waals surface area contributed by atoms with Gasteiger partial charge in [0, 0.05) is 28.8 Å². The van der Waals surface area contributed by atoms with Crippen molar-refractivity contribution in [3.05, 3.63) is 243 Å². The molecule has 0 saturated heterocycles. The maximum atomic E-state index is 4.69. The molecule has 0 aliphatic rings. The van der Waals surface area contributed by atoms with E-state index >= 15 is 0 Å². The Morgan fingerprint density at radius 1 is 0.209 bits per heavy atom. The zero-order valence-electron chi connectivity index (χ0n) is 36.5. The highest BCUT2D eigenvalue weighted by atomic mass is 15.1. The number of rotatable bonds is 5. The van der Waals surface area contributed by atoms with Gasteiger partial charge >= 0.3 is 0 Å². The van der Waals surface area contributed by atoms with Crippen LogP contribution in [0.15, 0.2) is 243 Å². The van der Waals surface area contributed by atoms with Gasteiger partial charge in [-0.15, -0.1) is 0 Å². The summed E-state index contributed by atoms with van der Waals surface area (Å²) in [6, 6.07) is 87.3. The first kappa shape index (κ1) is 37.5. The molecule has 14 rings (SSSR count). The van der Waals surface area contributed by atoms with Crippen LogP contribution in [0.5, 0.6) is 0 Å². The van der Waals surface area contributed by atoms with Gasteiger partial charge in [-0.3, -0.25) is 4.98 Å². The van der Waals surface area contributed by atoms with Crippen LogP contribution in [0.1, 0.15) is 0 Å². The molecule has 0 N–H and O–H groups in total. The lowest BCUT2D eigenvalue weighted by Gasteiger charge is -2.27. The number of anilines is 3. The minimum atomic E-state index is 0.976. The second-order valence-corrected chi connectivity index (χ2v) is 17.8. The summed E-state index contributed by atoms with van der Waals surface area (Å²) in [4.78, 5) is 7.13. The number of aromatic nitrogens is 1. The van der Waals surface area contributed by atoms with Gasteiger partial charge in [0.2, 0.25) is 0 Å². The number of pyridine rings is 1. The van der Waals surface area contributed by atoms with Crippen molar-refractivity contribution in [1.82, 2.24) is 4.98 Å². The lowest BCUT2D eigenvalue weighted by Crippen LogP contribution is -2.10. The third kappa shape index (κ3) is 5.87. The summed E-state index contributed by atoms with van der Waals surface area (Å²) in [6.07, 6.45) is 1.87. The smallest absolute Gasteiger partial charge is 0.0702 e. The highest BCUT2D eigenvalue weighted by molar-refractivity contribution is 6.28. The fourth-order valence-electron chi connectivity index (χ4n) is 11.1. The molecule has 13 aromatic carbocycles. The number of hydrogen-bond donors (Lipinski definition) is 0. The predicted octanol–water partition coefficient (Wildman–Crippen LogP) is 18.3. The van der Waals surface area contributed by atoms with E-state index in [9.17, 15) is 0 Å². The van der Waals surface area contributed by atoms with Crippen LogP contribution in [-0.2, 0) is 0 Å². The van der Waals surface area contributed by atoms with Crippen LogP contribution in [0.3, 0.4) is 0 Å². The molecule has 0 spiro atoms. The average Bonchev–Trinajstić information content (AvgIpc) is 3.41. The Morgan fingerprint density at radius 3 is 0.910 bits per heavy atom. The van der Waals surface area contributed by atoms with Crippen molar-refractivity contribution in [2.45, 2.75) is 0 Å². The van der Waals surface area contributed by atoms with Crippen LogP contribution in [-0.4, -0.2) is 4.98 Å². The summed E-state index contributed by atoms with van der Waals surface area (Å²) in [7, 11) is 0. The van der Waals surface area contributed by atoms with Gasteiger partial charge in [-0.25, -0.2) is 0 Å². The number of hydrogen-bond acceptors (Lipinski definition) is 2. The largest absolute Gasteiger partial charge is 0.310 e. The molecule has 0 amide bonds. The van der Waals surface area contributed by atoms with Gasteiger partial charge in [-0.1, -0.05) is 176 Å². The standard InChI is InChI=1S/C65H40N2/c1-3-17-51-47(13-1)49-15-5-7-19-53(49)61-37-42(26-32-57(51)61)41-24-28-44(29-25-41)67(45-30-34-59-52-18-4-2-14-48(52)50-16-6-8-20-54(50)63(59)39-45)46-31-35-60-58-33-27-43(65-23-11-12-36-66-65)38-62(58)55-21-9-10-22-56(55)64(60)40-46/h1-40H. The Morgan fingerprint density at radius 2 is 0.507 bits per heavy atom. The molecule has 1 heterocycles. The number of nitrogens with zero attached hydrogens (tertiary/aromatic N) is 2. The molecular weight excluding hydrogens is 809 g/mol. The molecule has 0 atom stereocenters. The molecule has 310 valence electrons. The lowest BCUT2D eigenvalue weighted by atomic mass is 9.92. The van der Waals surface area contributed by atoms with Gasteiger partial charge < -0.3 is 4.90 Å². The molecule has 67 heavy (non-hydrogen) atoms. The second kappa shape index (κ2) is 14.9. The maximum absolute atomic E-state index is 4.69. The van der Waals surface area contributed by atoms with Crippen LogP contribution in [0, 0.1) is 0 Å². The highest BCUT2D eigenvalue weighted by Crippen LogP contribution is 2.45. The summed E-state index contributed by atoms with van der Waals surface area (Å²) in [5.74, 6) is 0. The van der Waals surface area contributed by atoms with Gasteiger partial charge in [0.05, 0.1) is 5.69 Å². The van der Waals surface area contributed by atoms with Gasteiger partial charge in [0.15, 0.2) is 0 Å². The number of fused-ring (bicyclic) bond motifs is 18. The molecule has 0 unspecified atom stereocenters. The van der Waals surface area contributed by atoms with Gasteiger partial charge in [0.1, 0.15) is 0 Å². The molecule has 0 fully saturated rings. The summed E-state index contributed by atoms with van der Waals surface area (Å²) in [5.41, 5.74) is 7.77. The molecule has 0 bridgehead atoms. The fraction of sp³-hybridized carbons (Fsp3) is 0. The topological polar surface area (TPSA) is 16.1 Å². The summed E-state index contributed by atoms with van der Waals surface area (Å²) in [6.45, 7) is 0. The van der Waals surface area contributed by atoms with E-state index in [1.54, 1.807) is 0 Å². The molecule has 2 heteroatoms. The predicted molar refractivity (Wildman–Crippen MR) is 287 cm³/mol. The zero-order chi connectivity index (χ0) is 44.0. The van der Waals surface area contributed by atoms with Crippen LogP contribution in [0.25, 0.3) is 119 Å². The Balaban J connectivity index is 0.970. The minimum absolute atomic E-state index is 0.976. The fourth-order valence-corrected chi connectivity index (χ4v) is 11.1.